The lowest BCUT2D eigenvalue weighted by Gasteiger charge is -2.15. The second-order valence-electron chi connectivity index (χ2n) is 4.09. The average molecular weight is 281 g/mol. The first-order chi connectivity index (χ1) is 9.42. The molecular formula is C14H16FNO4. The smallest absolute Gasteiger partial charge is 0.328 e. The van der Waals surface area contributed by atoms with Crippen LogP contribution in [-0.4, -0.2) is 42.1 Å². The number of ether oxygens (including phenoxy) is 1. The van der Waals surface area contributed by atoms with E-state index in [0.717, 1.165) is 12.1 Å². The van der Waals surface area contributed by atoms with Gasteiger partial charge in [-0.1, -0.05) is 0 Å². The van der Waals surface area contributed by atoms with Crippen molar-refractivity contribution in [2.45, 2.75) is 6.92 Å². The summed E-state index contributed by atoms with van der Waals surface area (Å²) >= 11 is 0. The van der Waals surface area contributed by atoms with Crippen LogP contribution in [0.3, 0.4) is 0 Å². The van der Waals surface area contributed by atoms with E-state index in [9.17, 15) is 14.0 Å². The Bertz CT molecular complexity index is 528. The highest BCUT2D eigenvalue weighted by Gasteiger charge is 2.08. The van der Waals surface area contributed by atoms with Crippen LogP contribution in [0.4, 0.5) is 4.39 Å². The summed E-state index contributed by atoms with van der Waals surface area (Å²) in [4.78, 5) is 23.4. The van der Waals surface area contributed by atoms with E-state index < -0.39 is 11.8 Å². The third-order valence-corrected chi connectivity index (χ3v) is 2.57. The van der Waals surface area contributed by atoms with Crippen LogP contribution < -0.4 is 4.74 Å². The molecule has 0 aliphatic heterocycles. The molecule has 0 heterocycles. The number of nitrogens with zero attached hydrogens (tertiary/aromatic N) is 1. The number of carbonyl (C=O) groups is 2. The van der Waals surface area contributed by atoms with E-state index in [1.807, 2.05) is 6.92 Å². The Morgan fingerprint density at radius 2 is 2.10 bits per heavy atom. The standard InChI is InChI=1S/C14H16FNO4/c1-3-16(2)13(17)9-20-12-7-10(4-5-14(18)19)6-11(15)8-12/h4-8H,3,9H2,1-2H3,(H,18,19)/b5-4+. The number of hydrogen-bond acceptors (Lipinski definition) is 3. The summed E-state index contributed by atoms with van der Waals surface area (Å²) in [6.45, 7) is 2.18. The molecule has 1 aromatic rings. The number of carboxylic acids is 1. The van der Waals surface area contributed by atoms with Crippen molar-refractivity contribution in [2.75, 3.05) is 20.2 Å². The molecule has 0 aliphatic rings. The van der Waals surface area contributed by atoms with E-state index in [1.165, 1.54) is 23.1 Å². The van der Waals surface area contributed by atoms with Crippen LogP contribution in [0.1, 0.15) is 12.5 Å². The van der Waals surface area contributed by atoms with Gasteiger partial charge >= 0.3 is 5.97 Å². The van der Waals surface area contributed by atoms with Crippen molar-refractivity contribution in [2.24, 2.45) is 0 Å². The number of halogens is 1. The van der Waals surface area contributed by atoms with Crippen molar-refractivity contribution in [1.82, 2.24) is 4.90 Å². The Morgan fingerprint density at radius 3 is 2.70 bits per heavy atom. The minimum absolute atomic E-state index is 0.174. The maximum absolute atomic E-state index is 13.3. The molecule has 1 rings (SSSR count). The molecule has 1 amide bonds. The van der Waals surface area contributed by atoms with Crippen LogP contribution in [0.25, 0.3) is 6.08 Å². The van der Waals surface area contributed by atoms with Gasteiger partial charge in [0.15, 0.2) is 6.61 Å². The van der Waals surface area contributed by atoms with Crippen molar-refractivity contribution >= 4 is 18.0 Å². The lowest BCUT2D eigenvalue weighted by molar-refractivity contribution is -0.132. The second-order valence-corrected chi connectivity index (χ2v) is 4.09. The van der Waals surface area contributed by atoms with Crippen molar-refractivity contribution in [3.8, 4) is 5.75 Å². The molecule has 6 heteroatoms. The Balaban J connectivity index is 2.76. The van der Waals surface area contributed by atoms with Gasteiger partial charge < -0.3 is 14.7 Å². The molecule has 0 atom stereocenters. The number of hydrogen-bond donors (Lipinski definition) is 1. The SMILES string of the molecule is CCN(C)C(=O)COc1cc(F)cc(/C=C/C(=O)O)c1. The molecule has 0 spiro atoms. The van der Waals surface area contributed by atoms with Crippen LogP contribution in [0.5, 0.6) is 5.75 Å². The molecule has 0 bridgehead atoms. The molecule has 108 valence electrons. The molecule has 0 saturated carbocycles. The molecule has 0 saturated heterocycles. The Kier molecular flexibility index (Phi) is 5.71. The van der Waals surface area contributed by atoms with E-state index in [1.54, 1.807) is 7.05 Å². The largest absolute Gasteiger partial charge is 0.484 e. The number of carboxylic acid groups (broad SMARTS) is 1. The normalized spacial score (nSPS) is 10.6. The minimum Gasteiger partial charge on any atom is -0.484 e. The fourth-order valence-corrected chi connectivity index (χ4v) is 1.36. The van der Waals surface area contributed by atoms with E-state index in [0.29, 0.717) is 12.1 Å². The van der Waals surface area contributed by atoms with Crippen LogP contribution >= 0.6 is 0 Å². The summed E-state index contributed by atoms with van der Waals surface area (Å²) in [5.74, 6) is -1.74. The Hall–Kier alpha value is -2.37. The monoisotopic (exact) mass is 281 g/mol. The van der Waals surface area contributed by atoms with Gasteiger partial charge in [-0.2, -0.15) is 0 Å². The molecule has 1 N–H and O–H groups in total. The number of benzene rings is 1. The molecule has 0 unspecified atom stereocenters. The summed E-state index contributed by atoms with van der Waals surface area (Å²) in [6.07, 6.45) is 2.15. The van der Waals surface area contributed by atoms with Crippen molar-refractivity contribution in [3.63, 3.8) is 0 Å². The molecular weight excluding hydrogens is 265 g/mol. The third-order valence-electron chi connectivity index (χ3n) is 2.57. The zero-order valence-corrected chi connectivity index (χ0v) is 11.3. The van der Waals surface area contributed by atoms with Gasteiger partial charge in [0, 0.05) is 25.7 Å². The second kappa shape index (κ2) is 7.28. The lowest BCUT2D eigenvalue weighted by atomic mass is 10.2. The highest BCUT2D eigenvalue weighted by atomic mass is 19.1. The number of likely N-dealkylation sites (N-methyl/N-ethyl adjacent to an activating group) is 1. The first-order valence-electron chi connectivity index (χ1n) is 6.00. The van der Waals surface area contributed by atoms with E-state index in [-0.39, 0.29) is 18.3 Å². The number of amides is 1. The molecule has 0 aliphatic carbocycles. The molecule has 1 aromatic carbocycles. The summed E-state index contributed by atoms with van der Waals surface area (Å²) in [5.41, 5.74) is 0.346. The van der Waals surface area contributed by atoms with Gasteiger partial charge in [-0.15, -0.1) is 0 Å². The summed E-state index contributed by atoms with van der Waals surface area (Å²) in [5, 5.41) is 8.52. The van der Waals surface area contributed by atoms with Crippen LogP contribution in [0.2, 0.25) is 0 Å². The maximum Gasteiger partial charge on any atom is 0.328 e. The first kappa shape index (κ1) is 15.7. The molecule has 0 fully saturated rings. The van der Waals surface area contributed by atoms with Crippen LogP contribution in [0.15, 0.2) is 24.3 Å². The average Bonchev–Trinajstić information content (AvgIpc) is 2.41. The Labute approximate surface area is 116 Å². The molecule has 0 aromatic heterocycles. The summed E-state index contributed by atoms with van der Waals surface area (Å²) < 4.78 is 18.6. The topological polar surface area (TPSA) is 66.8 Å². The number of carbonyl (C=O) groups excluding carboxylic acids is 1. The predicted octanol–water partition coefficient (Wildman–Crippen LogP) is 1.78. The van der Waals surface area contributed by atoms with E-state index in [4.69, 9.17) is 9.84 Å². The van der Waals surface area contributed by atoms with Gasteiger partial charge in [-0.3, -0.25) is 4.79 Å². The fraction of sp³-hybridized carbons (Fsp3) is 0.286. The maximum atomic E-state index is 13.3. The van der Waals surface area contributed by atoms with Crippen molar-refractivity contribution in [1.29, 1.82) is 0 Å². The zero-order valence-electron chi connectivity index (χ0n) is 11.3. The van der Waals surface area contributed by atoms with Gasteiger partial charge in [0.25, 0.3) is 5.91 Å². The van der Waals surface area contributed by atoms with Gasteiger partial charge in [0.1, 0.15) is 11.6 Å². The fourth-order valence-electron chi connectivity index (χ4n) is 1.36. The zero-order chi connectivity index (χ0) is 15.1. The number of aliphatic carboxylic acids is 1. The minimum atomic E-state index is -1.13. The third kappa shape index (κ3) is 5.09. The van der Waals surface area contributed by atoms with Gasteiger partial charge in [0.2, 0.25) is 0 Å². The number of rotatable bonds is 6. The molecule has 20 heavy (non-hydrogen) atoms. The summed E-state index contributed by atoms with van der Waals surface area (Å²) in [7, 11) is 1.64. The lowest BCUT2D eigenvalue weighted by Crippen LogP contribution is -2.31. The van der Waals surface area contributed by atoms with Gasteiger partial charge in [0.05, 0.1) is 0 Å². The summed E-state index contributed by atoms with van der Waals surface area (Å²) in [6, 6.07) is 3.77. The van der Waals surface area contributed by atoms with E-state index in [2.05, 4.69) is 0 Å². The van der Waals surface area contributed by atoms with Gasteiger partial charge in [-0.05, 0) is 30.7 Å². The van der Waals surface area contributed by atoms with E-state index >= 15 is 0 Å². The molecule has 0 radical (unpaired) electrons. The van der Waals surface area contributed by atoms with Crippen molar-refractivity contribution in [3.05, 3.63) is 35.7 Å². The van der Waals surface area contributed by atoms with Gasteiger partial charge in [-0.25, -0.2) is 9.18 Å². The highest BCUT2D eigenvalue weighted by molar-refractivity contribution is 5.85. The van der Waals surface area contributed by atoms with Crippen LogP contribution in [0, 0.1) is 5.82 Å². The predicted molar refractivity (Wildman–Crippen MR) is 71.9 cm³/mol. The van der Waals surface area contributed by atoms with Crippen molar-refractivity contribution < 1.29 is 23.8 Å². The van der Waals surface area contributed by atoms with Crippen LogP contribution in [-0.2, 0) is 9.59 Å². The first-order valence-corrected chi connectivity index (χ1v) is 6.00. The molecule has 5 nitrogen and oxygen atoms in total. The Morgan fingerprint density at radius 1 is 1.40 bits per heavy atom. The quantitative estimate of drug-likeness (QED) is 0.807. The highest BCUT2D eigenvalue weighted by Crippen LogP contribution is 2.17.